The molecule has 1 aromatic heterocycles. The number of amides is 1. The largest absolute Gasteiger partial charge is 0.507 e. The van der Waals surface area contributed by atoms with Crippen molar-refractivity contribution < 1.29 is 23.5 Å². The fraction of sp³-hybridized carbons (Fsp3) is 0.167. The molecule has 4 rings (SSSR count). The van der Waals surface area contributed by atoms with E-state index in [1.54, 1.807) is 36.4 Å². The lowest BCUT2D eigenvalue weighted by Gasteiger charge is -2.23. The fourth-order valence-corrected chi connectivity index (χ4v) is 3.63. The predicted molar refractivity (Wildman–Crippen MR) is 109 cm³/mol. The highest BCUT2D eigenvalue weighted by Crippen LogP contribution is 2.40. The molecule has 1 aliphatic rings. The number of rotatable bonds is 5. The molecule has 0 bridgehead atoms. The van der Waals surface area contributed by atoms with Crippen LogP contribution in [-0.2, 0) is 22.6 Å². The van der Waals surface area contributed by atoms with Crippen molar-refractivity contribution in [3.05, 3.63) is 101 Å². The number of Topliss-reactive ketones (excluding diaryl/α,β-unsaturated/α-hetero) is 1. The number of benzene rings is 2. The first-order chi connectivity index (χ1) is 14.5. The van der Waals surface area contributed by atoms with E-state index in [0.29, 0.717) is 16.9 Å². The van der Waals surface area contributed by atoms with Crippen molar-refractivity contribution in [3.8, 4) is 0 Å². The molecule has 1 atom stereocenters. The topological polar surface area (TPSA) is 70.8 Å². The Hall–Kier alpha value is -3.67. The van der Waals surface area contributed by atoms with Crippen molar-refractivity contribution >= 4 is 17.4 Å². The van der Waals surface area contributed by atoms with Gasteiger partial charge in [0, 0.05) is 12.1 Å². The molecular weight excluding hydrogens is 385 g/mol. The van der Waals surface area contributed by atoms with Crippen molar-refractivity contribution in [2.45, 2.75) is 25.9 Å². The highest BCUT2D eigenvalue weighted by Gasteiger charge is 2.47. The number of furan rings is 1. The molecule has 1 aliphatic heterocycles. The number of aliphatic hydroxyl groups is 1. The van der Waals surface area contributed by atoms with E-state index in [1.165, 1.54) is 23.3 Å². The standard InChI is InChI=1S/C24H20FNO4/c1-2-15-5-9-17(10-6-15)22(27)20-21(19-4-3-13-30-19)26(24(29)23(20)28)14-16-7-11-18(25)12-8-16/h3-13,21,27H,2,14H2,1H3/b22-20-. The van der Waals surface area contributed by atoms with Crippen LogP contribution in [-0.4, -0.2) is 21.7 Å². The summed E-state index contributed by atoms with van der Waals surface area (Å²) in [5, 5.41) is 11.0. The van der Waals surface area contributed by atoms with E-state index in [2.05, 4.69) is 0 Å². The van der Waals surface area contributed by atoms with E-state index in [-0.39, 0.29) is 23.7 Å². The Morgan fingerprint density at radius 3 is 2.30 bits per heavy atom. The maximum atomic E-state index is 13.3. The Balaban J connectivity index is 1.79. The van der Waals surface area contributed by atoms with Crippen molar-refractivity contribution in [3.63, 3.8) is 0 Å². The number of carbonyl (C=O) groups excluding carboxylic acids is 2. The Bertz CT molecular complexity index is 1100. The second-order valence-electron chi connectivity index (χ2n) is 7.12. The van der Waals surface area contributed by atoms with Gasteiger partial charge in [-0.3, -0.25) is 9.59 Å². The average molecular weight is 405 g/mol. The van der Waals surface area contributed by atoms with E-state index < -0.39 is 17.7 Å². The molecule has 1 unspecified atom stereocenters. The molecular formula is C24H20FNO4. The van der Waals surface area contributed by atoms with Crippen molar-refractivity contribution in [2.24, 2.45) is 0 Å². The molecule has 2 heterocycles. The van der Waals surface area contributed by atoms with Gasteiger partial charge in [0.05, 0.1) is 11.8 Å². The fourth-order valence-electron chi connectivity index (χ4n) is 3.63. The third-order valence-corrected chi connectivity index (χ3v) is 5.25. The number of likely N-dealkylation sites (tertiary alicyclic amines) is 1. The number of hydrogen-bond acceptors (Lipinski definition) is 4. The first-order valence-corrected chi connectivity index (χ1v) is 9.65. The third-order valence-electron chi connectivity index (χ3n) is 5.25. The minimum Gasteiger partial charge on any atom is -0.507 e. The molecule has 1 N–H and O–H groups in total. The molecule has 30 heavy (non-hydrogen) atoms. The van der Waals surface area contributed by atoms with Crippen molar-refractivity contribution in [1.29, 1.82) is 0 Å². The van der Waals surface area contributed by atoms with Gasteiger partial charge >= 0.3 is 0 Å². The first-order valence-electron chi connectivity index (χ1n) is 9.65. The Morgan fingerprint density at radius 1 is 1.03 bits per heavy atom. The molecule has 1 fully saturated rings. The van der Waals surface area contributed by atoms with Crippen LogP contribution in [0.1, 0.15) is 35.4 Å². The Kier molecular flexibility index (Phi) is 5.23. The van der Waals surface area contributed by atoms with Crippen LogP contribution in [0.25, 0.3) is 5.76 Å². The molecule has 0 aliphatic carbocycles. The van der Waals surface area contributed by atoms with Crippen LogP contribution < -0.4 is 0 Å². The van der Waals surface area contributed by atoms with Crippen LogP contribution in [0.15, 0.2) is 76.9 Å². The summed E-state index contributed by atoms with van der Waals surface area (Å²) in [6.07, 6.45) is 2.29. The van der Waals surface area contributed by atoms with Crippen LogP contribution in [0.5, 0.6) is 0 Å². The van der Waals surface area contributed by atoms with Gasteiger partial charge in [-0.2, -0.15) is 0 Å². The molecule has 152 valence electrons. The molecule has 6 heteroatoms. The molecule has 1 amide bonds. The normalized spacial score (nSPS) is 18.2. The molecule has 3 aromatic rings. The van der Waals surface area contributed by atoms with Gasteiger partial charge in [-0.25, -0.2) is 4.39 Å². The van der Waals surface area contributed by atoms with E-state index in [9.17, 15) is 19.1 Å². The molecule has 0 spiro atoms. The van der Waals surface area contributed by atoms with Crippen LogP contribution >= 0.6 is 0 Å². The number of aryl methyl sites for hydroxylation is 1. The average Bonchev–Trinajstić information content (AvgIpc) is 3.37. The van der Waals surface area contributed by atoms with Gasteiger partial charge in [-0.05, 0) is 41.8 Å². The quantitative estimate of drug-likeness (QED) is 0.383. The lowest BCUT2D eigenvalue weighted by Crippen LogP contribution is -2.29. The minimum atomic E-state index is -0.879. The van der Waals surface area contributed by atoms with Crippen molar-refractivity contribution in [2.75, 3.05) is 0 Å². The number of halogens is 1. The molecule has 2 aromatic carbocycles. The first kappa shape index (κ1) is 19.6. The SMILES string of the molecule is CCc1ccc(/C(O)=C2/C(=O)C(=O)N(Cc3ccc(F)cc3)C2c2ccco2)cc1. The number of hydrogen-bond donors (Lipinski definition) is 1. The lowest BCUT2D eigenvalue weighted by atomic mass is 9.98. The van der Waals surface area contributed by atoms with Gasteiger partial charge in [0.25, 0.3) is 11.7 Å². The number of nitrogens with zero attached hydrogens (tertiary/aromatic N) is 1. The minimum absolute atomic E-state index is 0.0266. The summed E-state index contributed by atoms with van der Waals surface area (Å²) in [5.74, 6) is -1.80. The zero-order valence-electron chi connectivity index (χ0n) is 16.3. The van der Waals surface area contributed by atoms with E-state index in [0.717, 1.165) is 12.0 Å². The predicted octanol–water partition coefficient (Wildman–Crippen LogP) is 4.60. The van der Waals surface area contributed by atoms with Gasteiger partial charge in [-0.15, -0.1) is 0 Å². The maximum absolute atomic E-state index is 13.3. The Morgan fingerprint density at radius 2 is 1.70 bits per heavy atom. The van der Waals surface area contributed by atoms with E-state index in [1.807, 2.05) is 19.1 Å². The summed E-state index contributed by atoms with van der Waals surface area (Å²) in [7, 11) is 0. The number of carbonyl (C=O) groups is 2. The van der Waals surface area contributed by atoms with Crippen molar-refractivity contribution in [1.82, 2.24) is 4.90 Å². The third kappa shape index (κ3) is 3.52. The summed E-state index contributed by atoms with van der Waals surface area (Å²) in [4.78, 5) is 27.1. The summed E-state index contributed by atoms with van der Waals surface area (Å²) >= 11 is 0. The highest BCUT2D eigenvalue weighted by molar-refractivity contribution is 6.46. The van der Waals surface area contributed by atoms with E-state index in [4.69, 9.17) is 4.42 Å². The van der Waals surface area contributed by atoms with E-state index >= 15 is 0 Å². The smallest absolute Gasteiger partial charge is 0.296 e. The number of ketones is 1. The van der Waals surface area contributed by atoms with Crippen LogP contribution in [0.3, 0.4) is 0 Å². The highest BCUT2D eigenvalue weighted by atomic mass is 19.1. The summed E-state index contributed by atoms with van der Waals surface area (Å²) in [6.45, 7) is 2.09. The molecule has 1 saturated heterocycles. The van der Waals surface area contributed by atoms with Gasteiger partial charge in [0.1, 0.15) is 23.4 Å². The van der Waals surface area contributed by atoms with Crippen LogP contribution in [0, 0.1) is 5.82 Å². The lowest BCUT2D eigenvalue weighted by molar-refractivity contribution is -0.140. The van der Waals surface area contributed by atoms with Crippen LogP contribution in [0.2, 0.25) is 0 Å². The van der Waals surface area contributed by atoms with Crippen LogP contribution in [0.4, 0.5) is 4.39 Å². The van der Waals surface area contributed by atoms with Gasteiger partial charge in [-0.1, -0.05) is 43.3 Å². The second kappa shape index (κ2) is 7.99. The zero-order chi connectivity index (χ0) is 21.3. The van der Waals surface area contributed by atoms with Gasteiger partial charge in [0.2, 0.25) is 0 Å². The summed E-state index contributed by atoms with van der Waals surface area (Å²) in [5.41, 5.74) is 2.16. The monoisotopic (exact) mass is 405 g/mol. The number of aliphatic hydroxyl groups excluding tert-OH is 1. The molecule has 0 saturated carbocycles. The summed E-state index contributed by atoms with van der Waals surface area (Å²) < 4.78 is 18.8. The van der Waals surface area contributed by atoms with Gasteiger partial charge in [0.15, 0.2) is 0 Å². The second-order valence-corrected chi connectivity index (χ2v) is 7.12. The molecule has 5 nitrogen and oxygen atoms in total. The maximum Gasteiger partial charge on any atom is 0.296 e. The summed E-state index contributed by atoms with van der Waals surface area (Å²) in [6, 6.07) is 15.3. The molecule has 0 radical (unpaired) electrons. The van der Waals surface area contributed by atoms with Gasteiger partial charge < -0.3 is 14.4 Å². The zero-order valence-corrected chi connectivity index (χ0v) is 16.3. The Labute approximate surface area is 173 Å².